The highest BCUT2D eigenvalue weighted by atomic mass is 16.1. The van der Waals surface area contributed by atoms with Crippen LogP contribution >= 0.6 is 0 Å². The quantitative estimate of drug-likeness (QED) is 0.445. The molecule has 4 nitrogen and oxygen atoms in total. The molecule has 2 unspecified atom stereocenters. The highest BCUT2D eigenvalue weighted by Gasteiger charge is 2.51. The molecule has 0 radical (unpaired) electrons. The van der Waals surface area contributed by atoms with Crippen molar-refractivity contribution < 1.29 is 4.79 Å². The van der Waals surface area contributed by atoms with Crippen LogP contribution in [0.15, 0.2) is 0 Å². The molecule has 0 aromatic carbocycles. The maximum absolute atomic E-state index is 11.4. The first-order valence-corrected chi connectivity index (χ1v) is 3.94. The van der Waals surface area contributed by atoms with E-state index in [1.807, 2.05) is 0 Å². The first-order chi connectivity index (χ1) is 5.15. The number of nitrogens with zero attached hydrogens (tertiary/aromatic N) is 1. The highest BCUT2D eigenvalue weighted by Crippen LogP contribution is 2.47. The van der Waals surface area contributed by atoms with Gasteiger partial charge >= 0.3 is 0 Å². The number of carbonyl (C=O) groups excluding carboxylic acids is 1. The van der Waals surface area contributed by atoms with Gasteiger partial charge in [-0.3, -0.25) is 10.6 Å². The minimum absolute atomic E-state index is 0.172. The molecule has 2 rings (SSSR count). The van der Waals surface area contributed by atoms with E-state index in [0.717, 1.165) is 24.4 Å². The number of rotatable bonds is 1. The zero-order chi connectivity index (χ0) is 8.06. The second-order valence-electron chi connectivity index (χ2n) is 3.64. The Balaban J connectivity index is 2.29. The number of nitrogens with two attached hydrogens (primary N) is 1. The number of hydrazine groups is 1. The van der Waals surface area contributed by atoms with E-state index in [-0.39, 0.29) is 5.78 Å². The predicted molar refractivity (Wildman–Crippen MR) is 40.0 cm³/mol. The molecule has 2 aliphatic carbocycles. The summed E-state index contributed by atoms with van der Waals surface area (Å²) in [6, 6.07) is 0. The Morgan fingerprint density at radius 1 is 1.73 bits per heavy atom. The number of carbonyl (C=O) groups is 1. The molecule has 3 N–H and O–H groups in total. The average molecular weight is 154 g/mol. The van der Waals surface area contributed by atoms with E-state index in [0.29, 0.717) is 12.3 Å². The van der Waals surface area contributed by atoms with Crippen molar-refractivity contribution in [3.05, 3.63) is 5.84 Å². The third-order valence-corrected chi connectivity index (χ3v) is 3.05. The largest absolute Gasteiger partial charge is 0.594 e. The van der Waals surface area contributed by atoms with Crippen molar-refractivity contribution in [3.8, 4) is 0 Å². The lowest BCUT2D eigenvalue weighted by Crippen LogP contribution is -2.50. The van der Waals surface area contributed by atoms with E-state index in [9.17, 15) is 4.79 Å². The average Bonchev–Trinajstić information content (AvgIpc) is 2.43. The first-order valence-electron chi connectivity index (χ1n) is 3.94. The van der Waals surface area contributed by atoms with E-state index in [2.05, 4.69) is 0 Å². The van der Waals surface area contributed by atoms with Gasteiger partial charge in [0, 0.05) is 6.42 Å². The van der Waals surface area contributed by atoms with Gasteiger partial charge in [-0.25, -0.2) is 0 Å². The Bertz CT molecular complexity index is 204. The standard InChI is InChI=1S/C7H12N3O/c8-10(9)7-2-1-5(4-7)3-6(7)11/h5,8H,1-4,9H2/q-1. The van der Waals surface area contributed by atoms with E-state index in [1.54, 1.807) is 0 Å². The second-order valence-corrected chi connectivity index (χ2v) is 3.64. The van der Waals surface area contributed by atoms with E-state index in [4.69, 9.17) is 11.7 Å². The van der Waals surface area contributed by atoms with E-state index in [1.165, 1.54) is 0 Å². The molecule has 0 heterocycles. The Hall–Kier alpha value is -0.450. The molecular formula is C7H12N3O-. The lowest BCUT2D eigenvalue weighted by molar-refractivity contribution is -0.127. The maximum atomic E-state index is 11.4. The monoisotopic (exact) mass is 154 g/mol. The molecule has 2 bridgehead atoms. The Kier molecular flexibility index (Phi) is 1.33. The molecule has 0 aliphatic heterocycles. The van der Waals surface area contributed by atoms with Gasteiger partial charge in [0.2, 0.25) is 0 Å². The van der Waals surface area contributed by atoms with Crippen LogP contribution in [0, 0.1) is 5.92 Å². The summed E-state index contributed by atoms with van der Waals surface area (Å²) in [5, 5.41) is 0.877. The number of hydrogen-bond acceptors (Lipinski definition) is 3. The van der Waals surface area contributed by atoms with Gasteiger partial charge in [0.05, 0.1) is 5.54 Å². The molecule has 2 atom stereocenters. The topological polar surface area (TPSA) is 70.1 Å². The number of fused-ring (bicyclic) bond motifs is 2. The highest BCUT2D eigenvalue weighted by molar-refractivity contribution is 5.91. The van der Waals surface area contributed by atoms with Crippen molar-refractivity contribution in [1.29, 1.82) is 0 Å². The Morgan fingerprint density at radius 3 is 2.73 bits per heavy atom. The zero-order valence-corrected chi connectivity index (χ0v) is 6.34. The minimum atomic E-state index is -0.593. The summed E-state index contributed by atoms with van der Waals surface area (Å²) in [7, 11) is 0. The van der Waals surface area contributed by atoms with Crippen molar-refractivity contribution in [3.63, 3.8) is 0 Å². The third-order valence-electron chi connectivity index (χ3n) is 3.05. The Morgan fingerprint density at radius 2 is 2.45 bits per heavy atom. The SMILES string of the molecule is [NH-]N(N)C12CCC(CC1=O)C2. The Labute approximate surface area is 65.5 Å². The van der Waals surface area contributed by atoms with Crippen molar-refractivity contribution in [2.45, 2.75) is 31.2 Å². The smallest absolute Gasteiger partial charge is 0.153 e. The molecular weight excluding hydrogens is 142 g/mol. The van der Waals surface area contributed by atoms with Crippen LogP contribution in [0.25, 0.3) is 5.84 Å². The van der Waals surface area contributed by atoms with Gasteiger partial charge in [-0.05, 0) is 25.2 Å². The summed E-state index contributed by atoms with van der Waals surface area (Å²) in [6.07, 6.45) is 3.31. The summed E-state index contributed by atoms with van der Waals surface area (Å²) in [4.78, 5) is 11.4. The molecule has 2 saturated carbocycles. The number of nitrogens with one attached hydrogen (secondary N) is 1. The molecule has 0 saturated heterocycles. The van der Waals surface area contributed by atoms with Gasteiger partial charge in [0.15, 0.2) is 5.78 Å². The third kappa shape index (κ3) is 0.772. The first kappa shape index (κ1) is 7.21. The number of ketones is 1. The lowest BCUT2D eigenvalue weighted by Gasteiger charge is -2.38. The maximum Gasteiger partial charge on any atom is 0.153 e. The summed E-state index contributed by atoms with van der Waals surface area (Å²) < 4.78 is 0. The molecule has 0 aromatic rings. The second kappa shape index (κ2) is 2.03. The molecule has 0 spiro atoms. The summed E-state index contributed by atoms with van der Waals surface area (Å²) in [5.74, 6) is 13.3. The van der Waals surface area contributed by atoms with Gasteiger partial charge in [0.1, 0.15) is 0 Å². The van der Waals surface area contributed by atoms with Gasteiger partial charge in [-0.15, -0.1) is 0 Å². The molecule has 2 fully saturated rings. The van der Waals surface area contributed by atoms with Crippen LogP contribution in [-0.2, 0) is 4.79 Å². The molecule has 4 heteroatoms. The normalized spacial score (nSPS) is 42.5. The van der Waals surface area contributed by atoms with Crippen LogP contribution in [0.5, 0.6) is 0 Å². The summed E-state index contributed by atoms with van der Waals surface area (Å²) >= 11 is 0. The van der Waals surface area contributed by atoms with Crippen molar-refractivity contribution in [2.75, 3.05) is 0 Å². The van der Waals surface area contributed by atoms with Crippen LogP contribution in [0.4, 0.5) is 0 Å². The number of Topliss-reactive ketones (excluding diaryl/α,β-unsaturated/α-hetero) is 1. The van der Waals surface area contributed by atoms with Crippen molar-refractivity contribution >= 4 is 5.78 Å². The van der Waals surface area contributed by atoms with E-state index >= 15 is 0 Å². The van der Waals surface area contributed by atoms with Crippen molar-refractivity contribution in [2.24, 2.45) is 11.8 Å². The van der Waals surface area contributed by atoms with Gasteiger partial charge in [0.25, 0.3) is 0 Å². The lowest BCUT2D eigenvalue weighted by atomic mass is 9.93. The fourth-order valence-corrected chi connectivity index (χ4v) is 2.36. The molecule has 2 aliphatic rings. The van der Waals surface area contributed by atoms with Gasteiger partial charge in [-0.2, -0.15) is 0 Å². The molecule has 11 heavy (non-hydrogen) atoms. The molecule has 0 aromatic heterocycles. The van der Waals surface area contributed by atoms with E-state index < -0.39 is 5.54 Å². The van der Waals surface area contributed by atoms with Gasteiger partial charge in [-0.1, -0.05) is 0 Å². The van der Waals surface area contributed by atoms with Crippen LogP contribution in [0.2, 0.25) is 0 Å². The van der Waals surface area contributed by atoms with Crippen LogP contribution in [0.3, 0.4) is 0 Å². The fraction of sp³-hybridized carbons (Fsp3) is 0.857. The number of hydrogen-bond donors (Lipinski definition) is 1. The van der Waals surface area contributed by atoms with Crippen LogP contribution in [-0.4, -0.2) is 16.4 Å². The summed E-state index contributed by atoms with van der Waals surface area (Å²) in [5.41, 5.74) is -0.593. The molecule has 62 valence electrons. The molecule has 0 amide bonds. The summed E-state index contributed by atoms with van der Waals surface area (Å²) in [6.45, 7) is 0. The fourth-order valence-electron chi connectivity index (χ4n) is 2.36. The minimum Gasteiger partial charge on any atom is -0.594 e. The van der Waals surface area contributed by atoms with Crippen LogP contribution in [0.1, 0.15) is 25.7 Å². The zero-order valence-electron chi connectivity index (χ0n) is 6.34. The van der Waals surface area contributed by atoms with Gasteiger partial charge < -0.3 is 11.0 Å². The van der Waals surface area contributed by atoms with Crippen LogP contribution < -0.4 is 5.84 Å². The predicted octanol–water partition coefficient (Wildman–Crippen LogP) is 0.641. The van der Waals surface area contributed by atoms with Crippen molar-refractivity contribution in [1.82, 2.24) is 5.12 Å².